The Morgan fingerprint density at radius 1 is 1.47 bits per heavy atom. The minimum atomic E-state index is 0.342. The van der Waals surface area contributed by atoms with Crippen LogP contribution in [0, 0.1) is 0 Å². The monoisotopic (exact) mass is 294 g/mol. The number of aromatic nitrogens is 2. The van der Waals surface area contributed by atoms with Crippen LogP contribution in [0.15, 0.2) is 29.6 Å². The van der Waals surface area contributed by atoms with E-state index in [0.29, 0.717) is 6.04 Å². The maximum absolute atomic E-state index is 6.09. The lowest BCUT2D eigenvalue weighted by Gasteiger charge is -2.36. The molecule has 0 spiro atoms. The molecule has 2 heterocycles. The van der Waals surface area contributed by atoms with E-state index in [2.05, 4.69) is 25.9 Å². The third-order valence-corrected chi connectivity index (χ3v) is 4.15. The second kappa shape index (κ2) is 5.96. The van der Waals surface area contributed by atoms with Crippen molar-refractivity contribution in [2.45, 2.75) is 12.6 Å². The van der Waals surface area contributed by atoms with Crippen LogP contribution in [0.3, 0.4) is 0 Å². The standard InChI is InChI=1S/C13H15ClN4S/c14-11-3-1-2-10(6-11)13-7-15-4-5-18(13)8-12-9-19-17-16-12/h1-3,6,9,13,15H,4-5,7-8H2. The van der Waals surface area contributed by atoms with Gasteiger partial charge in [-0.3, -0.25) is 4.90 Å². The van der Waals surface area contributed by atoms with Crippen LogP contribution in [-0.2, 0) is 6.54 Å². The summed E-state index contributed by atoms with van der Waals surface area (Å²) in [5.74, 6) is 0. The van der Waals surface area contributed by atoms with Crippen LogP contribution in [0.2, 0.25) is 5.02 Å². The van der Waals surface area contributed by atoms with E-state index < -0.39 is 0 Å². The van der Waals surface area contributed by atoms with Gasteiger partial charge >= 0.3 is 0 Å². The molecular formula is C13H15ClN4S. The Kier molecular flexibility index (Phi) is 4.08. The molecule has 1 aliphatic rings. The summed E-state index contributed by atoms with van der Waals surface area (Å²) in [6, 6.07) is 8.45. The van der Waals surface area contributed by atoms with Gasteiger partial charge in [-0.1, -0.05) is 28.2 Å². The molecule has 1 unspecified atom stereocenters. The van der Waals surface area contributed by atoms with Gasteiger partial charge in [0.05, 0.1) is 5.69 Å². The van der Waals surface area contributed by atoms with Gasteiger partial charge in [-0.05, 0) is 29.2 Å². The molecule has 1 aliphatic heterocycles. The van der Waals surface area contributed by atoms with Gasteiger partial charge in [0.2, 0.25) is 0 Å². The second-order valence-electron chi connectivity index (χ2n) is 4.64. The molecule has 1 aromatic carbocycles. The molecule has 1 atom stereocenters. The average Bonchev–Trinajstić information content (AvgIpc) is 2.92. The highest BCUT2D eigenvalue weighted by atomic mass is 35.5. The fraction of sp³-hybridized carbons (Fsp3) is 0.385. The van der Waals surface area contributed by atoms with Gasteiger partial charge in [0.15, 0.2) is 0 Å². The van der Waals surface area contributed by atoms with Crippen molar-refractivity contribution < 1.29 is 0 Å². The Bertz CT molecular complexity index is 531. The van der Waals surface area contributed by atoms with Gasteiger partial charge in [0.1, 0.15) is 0 Å². The topological polar surface area (TPSA) is 41.0 Å². The largest absolute Gasteiger partial charge is 0.314 e. The lowest BCUT2D eigenvalue weighted by Crippen LogP contribution is -2.45. The summed E-state index contributed by atoms with van der Waals surface area (Å²) in [6.45, 7) is 3.80. The number of benzene rings is 1. The Balaban J connectivity index is 1.80. The lowest BCUT2D eigenvalue weighted by molar-refractivity contribution is 0.152. The molecule has 3 rings (SSSR count). The molecule has 0 amide bonds. The van der Waals surface area contributed by atoms with Crippen LogP contribution < -0.4 is 5.32 Å². The van der Waals surface area contributed by atoms with Crippen molar-refractivity contribution >= 4 is 23.1 Å². The number of halogens is 1. The van der Waals surface area contributed by atoms with Crippen molar-refractivity contribution in [3.63, 3.8) is 0 Å². The predicted octanol–water partition coefficient (Wildman–Crippen LogP) is 2.34. The molecule has 6 heteroatoms. The number of hydrogen-bond donors (Lipinski definition) is 1. The van der Waals surface area contributed by atoms with Crippen molar-refractivity contribution in [2.75, 3.05) is 19.6 Å². The Morgan fingerprint density at radius 2 is 2.42 bits per heavy atom. The normalized spacial score (nSPS) is 20.6. The van der Waals surface area contributed by atoms with E-state index >= 15 is 0 Å². The molecule has 4 nitrogen and oxygen atoms in total. The Labute approximate surface area is 121 Å². The predicted molar refractivity (Wildman–Crippen MR) is 77.4 cm³/mol. The fourth-order valence-electron chi connectivity index (χ4n) is 2.44. The zero-order valence-electron chi connectivity index (χ0n) is 10.4. The van der Waals surface area contributed by atoms with Crippen LogP contribution in [-0.4, -0.2) is 34.1 Å². The molecule has 1 aromatic heterocycles. The first kappa shape index (κ1) is 13.0. The maximum Gasteiger partial charge on any atom is 0.0895 e. The van der Waals surface area contributed by atoms with E-state index in [9.17, 15) is 0 Å². The molecule has 2 aromatic rings. The average molecular weight is 295 g/mol. The van der Waals surface area contributed by atoms with Crippen molar-refractivity contribution in [3.05, 3.63) is 45.9 Å². The fourth-order valence-corrected chi connectivity index (χ4v) is 3.08. The molecule has 0 radical (unpaired) electrons. The van der Waals surface area contributed by atoms with Gasteiger partial charge in [-0.25, -0.2) is 0 Å². The highest BCUT2D eigenvalue weighted by Crippen LogP contribution is 2.25. The summed E-state index contributed by atoms with van der Waals surface area (Å²) in [5.41, 5.74) is 2.29. The minimum Gasteiger partial charge on any atom is -0.314 e. The summed E-state index contributed by atoms with van der Waals surface area (Å²) in [7, 11) is 0. The van der Waals surface area contributed by atoms with Crippen LogP contribution >= 0.6 is 23.1 Å². The quantitative estimate of drug-likeness (QED) is 0.943. The van der Waals surface area contributed by atoms with Gasteiger partial charge in [-0.15, -0.1) is 5.10 Å². The van der Waals surface area contributed by atoms with Crippen molar-refractivity contribution in [1.29, 1.82) is 0 Å². The molecular weight excluding hydrogens is 280 g/mol. The summed E-state index contributed by atoms with van der Waals surface area (Å²) in [4.78, 5) is 2.43. The first-order chi connectivity index (χ1) is 9.33. The van der Waals surface area contributed by atoms with Gasteiger partial charge in [0.25, 0.3) is 0 Å². The minimum absolute atomic E-state index is 0.342. The lowest BCUT2D eigenvalue weighted by atomic mass is 10.0. The van der Waals surface area contributed by atoms with Gasteiger partial charge < -0.3 is 5.32 Å². The number of rotatable bonds is 3. The highest BCUT2D eigenvalue weighted by molar-refractivity contribution is 7.03. The summed E-state index contributed by atoms with van der Waals surface area (Å²) < 4.78 is 3.93. The van der Waals surface area contributed by atoms with Crippen molar-refractivity contribution in [2.24, 2.45) is 0 Å². The molecule has 0 bridgehead atoms. The van der Waals surface area contributed by atoms with E-state index in [1.165, 1.54) is 17.1 Å². The van der Waals surface area contributed by atoms with Gasteiger partial charge in [-0.2, -0.15) is 0 Å². The molecule has 1 fully saturated rings. The zero-order chi connectivity index (χ0) is 13.1. The smallest absolute Gasteiger partial charge is 0.0895 e. The van der Waals surface area contributed by atoms with E-state index in [-0.39, 0.29) is 0 Å². The van der Waals surface area contributed by atoms with E-state index in [1.54, 1.807) is 0 Å². The number of nitrogens with zero attached hydrogens (tertiary/aromatic N) is 3. The summed E-state index contributed by atoms with van der Waals surface area (Å²) in [6.07, 6.45) is 0. The van der Waals surface area contributed by atoms with E-state index in [4.69, 9.17) is 11.6 Å². The number of piperazine rings is 1. The maximum atomic E-state index is 6.09. The zero-order valence-corrected chi connectivity index (χ0v) is 12.0. The number of hydrogen-bond acceptors (Lipinski definition) is 5. The third kappa shape index (κ3) is 3.12. The van der Waals surface area contributed by atoms with Crippen molar-refractivity contribution in [1.82, 2.24) is 19.8 Å². The SMILES string of the molecule is Clc1cccc(C2CNCCN2Cc2csnn2)c1. The van der Waals surface area contributed by atoms with Gasteiger partial charge in [0, 0.05) is 42.6 Å². The molecule has 1 N–H and O–H groups in total. The molecule has 1 saturated heterocycles. The van der Waals surface area contributed by atoms with Crippen LogP contribution in [0.25, 0.3) is 0 Å². The third-order valence-electron chi connectivity index (χ3n) is 3.36. The Hall–Kier alpha value is -1.01. The molecule has 100 valence electrons. The first-order valence-electron chi connectivity index (χ1n) is 6.29. The molecule has 0 aliphatic carbocycles. The van der Waals surface area contributed by atoms with Crippen molar-refractivity contribution in [3.8, 4) is 0 Å². The summed E-state index contributed by atoms with van der Waals surface area (Å²) >= 11 is 7.50. The van der Waals surface area contributed by atoms with E-state index in [1.807, 2.05) is 23.6 Å². The second-order valence-corrected chi connectivity index (χ2v) is 5.69. The van der Waals surface area contributed by atoms with Crippen LogP contribution in [0.5, 0.6) is 0 Å². The molecule has 0 saturated carbocycles. The van der Waals surface area contributed by atoms with Crippen LogP contribution in [0.1, 0.15) is 17.3 Å². The summed E-state index contributed by atoms with van der Waals surface area (Å²) in [5, 5.41) is 10.4. The van der Waals surface area contributed by atoms with Crippen LogP contribution in [0.4, 0.5) is 0 Å². The van der Waals surface area contributed by atoms with E-state index in [0.717, 1.165) is 36.9 Å². The molecule has 19 heavy (non-hydrogen) atoms. The first-order valence-corrected chi connectivity index (χ1v) is 7.50. The number of nitrogens with one attached hydrogen (secondary N) is 1. The Morgan fingerprint density at radius 3 is 3.21 bits per heavy atom. The highest BCUT2D eigenvalue weighted by Gasteiger charge is 2.24.